The molecule has 0 aliphatic rings. The number of anilines is 1. The van der Waals surface area contributed by atoms with Gasteiger partial charge in [-0.15, -0.1) is 0 Å². The van der Waals surface area contributed by atoms with E-state index in [2.05, 4.69) is 10.3 Å². The van der Waals surface area contributed by atoms with Gasteiger partial charge in [-0.2, -0.15) is 0 Å². The van der Waals surface area contributed by atoms with Crippen molar-refractivity contribution in [2.24, 2.45) is 0 Å². The summed E-state index contributed by atoms with van der Waals surface area (Å²) < 4.78 is 10.3. The molecule has 0 amide bonds. The van der Waals surface area contributed by atoms with Gasteiger partial charge in [0.25, 0.3) is 5.56 Å². The molecule has 6 heteroatoms. The Morgan fingerprint density at radius 1 is 0.968 bits per heavy atom. The van der Waals surface area contributed by atoms with Crippen LogP contribution in [0.15, 0.2) is 77.6 Å². The molecule has 0 radical (unpaired) electrons. The van der Waals surface area contributed by atoms with Gasteiger partial charge in [0.2, 0.25) is 0 Å². The molecular formula is C25H22N2O4. The third-order valence-corrected chi connectivity index (χ3v) is 5.09. The molecule has 0 saturated heterocycles. The third-order valence-electron chi connectivity index (χ3n) is 5.09. The summed E-state index contributed by atoms with van der Waals surface area (Å²) in [7, 11) is 2.96. The second-order valence-electron chi connectivity index (χ2n) is 7.06. The summed E-state index contributed by atoms with van der Waals surface area (Å²) in [5, 5.41) is 4.18. The average molecular weight is 414 g/mol. The van der Waals surface area contributed by atoms with E-state index in [-0.39, 0.29) is 5.56 Å². The minimum absolute atomic E-state index is 0.168. The maximum Gasteiger partial charge on any atom is 0.337 e. The number of methoxy groups -OCH3 is 2. The number of aromatic amines is 1. The fourth-order valence-electron chi connectivity index (χ4n) is 3.50. The van der Waals surface area contributed by atoms with E-state index in [0.717, 1.165) is 27.6 Å². The molecule has 31 heavy (non-hydrogen) atoms. The highest BCUT2D eigenvalue weighted by molar-refractivity contribution is 5.91. The highest BCUT2D eigenvalue weighted by atomic mass is 16.5. The first-order valence-corrected chi connectivity index (χ1v) is 9.80. The number of para-hydroxylation sites is 1. The van der Waals surface area contributed by atoms with Gasteiger partial charge in [-0.25, -0.2) is 4.79 Å². The summed E-state index contributed by atoms with van der Waals surface area (Å²) in [6.45, 7) is 0.453. The number of fused-ring (bicyclic) bond motifs is 1. The normalized spacial score (nSPS) is 10.6. The SMILES string of the molecule is COC(=O)c1cccc(-c2cc(CNc3cc4ccccc4[nH]c3=O)ccc2OC)c1. The number of esters is 1. The molecule has 4 aromatic rings. The average Bonchev–Trinajstić information content (AvgIpc) is 2.82. The van der Waals surface area contributed by atoms with Crippen LogP contribution in [0.4, 0.5) is 5.69 Å². The Labute approximate surface area is 179 Å². The Morgan fingerprint density at radius 3 is 2.61 bits per heavy atom. The molecule has 156 valence electrons. The molecule has 0 atom stereocenters. The van der Waals surface area contributed by atoms with E-state index in [1.807, 2.05) is 54.6 Å². The molecule has 0 aliphatic heterocycles. The number of benzene rings is 3. The first-order valence-electron chi connectivity index (χ1n) is 9.80. The van der Waals surface area contributed by atoms with E-state index in [1.54, 1.807) is 25.3 Å². The number of H-pyrrole nitrogens is 1. The van der Waals surface area contributed by atoms with Crippen LogP contribution >= 0.6 is 0 Å². The number of carbonyl (C=O) groups is 1. The van der Waals surface area contributed by atoms with Crippen LogP contribution in [-0.4, -0.2) is 25.2 Å². The lowest BCUT2D eigenvalue weighted by Gasteiger charge is -2.13. The minimum atomic E-state index is -0.394. The fraction of sp³-hybridized carbons (Fsp3) is 0.120. The predicted molar refractivity (Wildman–Crippen MR) is 122 cm³/mol. The van der Waals surface area contributed by atoms with Crippen LogP contribution in [0, 0.1) is 0 Å². The summed E-state index contributed by atoms with van der Waals surface area (Å²) in [4.78, 5) is 27.2. The molecule has 1 heterocycles. The van der Waals surface area contributed by atoms with Crippen LogP contribution in [0.3, 0.4) is 0 Å². The minimum Gasteiger partial charge on any atom is -0.496 e. The maximum absolute atomic E-state index is 12.4. The van der Waals surface area contributed by atoms with E-state index in [9.17, 15) is 9.59 Å². The monoisotopic (exact) mass is 414 g/mol. The van der Waals surface area contributed by atoms with Crippen LogP contribution in [-0.2, 0) is 11.3 Å². The molecule has 0 spiro atoms. The van der Waals surface area contributed by atoms with Crippen LogP contribution in [0.5, 0.6) is 5.75 Å². The highest BCUT2D eigenvalue weighted by Gasteiger charge is 2.11. The number of nitrogens with one attached hydrogen (secondary N) is 2. The van der Waals surface area contributed by atoms with Gasteiger partial charge in [0.1, 0.15) is 11.4 Å². The van der Waals surface area contributed by atoms with Crippen molar-refractivity contribution in [2.45, 2.75) is 6.54 Å². The van der Waals surface area contributed by atoms with Crippen molar-refractivity contribution in [3.63, 3.8) is 0 Å². The van der Waals surface area contributed by atoms with E-state index >= 15 is 0 Å². The summed E-state index contributed by atoms with van der Waals surface area (Å²) in [5.41, 5.74) is 4.25. The van der Waals surface area contributed by atoms with Crippen molar-refractivity contribution in [1.82, 2.24) is 4.98 Å². The third kappa shape index (κ3) is 4.28. The summed E-state index contributed by atoms with van der Waals surface area (Å²) >= 11 is 0. The quantitative estimate of drug-likeness (QED) is 0.451. The van der Waals surface area contributed by atoms with Gasteiger partial charge in [0.05, 0.1) is 19.8 Å². The summed E-state index contributed by atoms with van der Waals surface area (Å²) in [6, 6.07) is 22.5. The van der Waals surface area contributed by atoms with Crippen LogP contribution in [0.25, 0.3) is 22.0 Å². The van der Waals surface area contributed by atoms with Crippen LogP contribution < -0.4 is 15.6 Å². The molecule has 2 N–H and O–H groups in total. The molecule has 1 aromatic heterocycles. The molecule has 0 fully saturated rings. The zero-order valence-corrected chi connectivity index (χ0v) is 17.3. The molecule has 0 saturated carbocycles. The van der Waals surface area contributed by atoms with Gasteiger partial charge < -0.3 is 19.8 Å². The number of pyridine rings is 1. The molecule has 4 rings (SSSR count). The molecule has 0 bridgehead atoms. The van der Waals surface area contributed by atoms with Gasteiger partial charge in [-0.05, 0) is 47.5 Å². The van der Waals surface area contributed by atoms with Crippen molar-refractivity contribution in [2.75, 3.05) is 19.5 Å². The Morgan fingerprint density at radius 2 is 1.81 bits per heavy atom. The van der Waals surface area contributed by atoms with Crippen molar-refractivity contribution < 1.29 is 14.3 Å². The Balaban J connectivity index is 1.63. The summed E-state index contributed by atoms with van der Waals surface area (Å²) in [5.74, 6) is 0.295. The highest BCUT2D eigenvalue weighted by Crippen LogP contribution is 2.32. The first-order chi connectivity index (χ1) is 15.1. The van der Waals surface area contributed by atoms with Gasteiger partial charge in [-0.1, -0.05) is 36.4 Å². The zero-order chi connectivity index (χ0) is 21.8. The second-order valence-corrected chi connectivity index (χ2v) is 7.06. The predicted octanol–water partition coefficient (Wildman–Crippen LogP) is 4.60. The van der Waals surface area contributed by atoms with Gasteiger partial charge in [0.15, 0.2) is 0 Å². The molecule has 0 unspecified atom stereocenters. The second kappa shape index (κ2) is 8.75. The number of rotatable bonds is 6. The Hall–Kier alpha value is -4.06. The number of ether oxygens (including phenoxy) is 2. The van der Waals surface area contributed by atoms with E-state index in [4.69, 9.17) is 9.47 Å². The number of aromatic nitrogens is 1. The maximum atomic E-state index is 12.4. The van der Waals surface area contributed by atoms with Crippen molar-refractivity contribution in [3.05, 3.63) is 94.3 Å². The lowest BCUT2D eigenvalue weighted by Crippen LogP contribution is -2.13. The van der Waals surface area contributed by atoms with E-state index < -0.39 is 5.97 Å². The number of carbonyl (C=O) groups excluding carboxylic acids is 1. The van der Waals surface area contributed by atoms with Crippen molar-refractivity contribution in [1.29, 1.82) is 0 Å². The van der Waals surface area contributed by atoms with E-state index in [1.165, 1.54) is 7.11 Å². The van der Waals surface area contributed by atoms with Gasteiger partial charge in [0, 0.05) is 23.0 Å². The topological polar surface area (TPSA) is 80.4 Å². The molecular weight excluding hydrogens is 392 g/mol. The largest absolute Gasteiger partial charge is 0.496 e. The Bertz CT molecular complexity index is 1310. The van der Waals surface area contributed by atoms with Crippen molar-refractivity contribution >= 4 is 22.6 Å². The van der Waals surface area contributed by atoms with Gasteiger partial charge >= 0.3 is 5.97 Å². The van der Waals surface area contributed by atoms with Crippen LogP contribution in [0.1, 0.15) is 15.9 Å². The first kappa shape index (κ1) is 20.2. The lowest BCUT2D eigenvalue weighted by molar-refractivity contribution is 0.0601. The standard InChI is InChI=1S/C25H22N2O4/c1-30-23-11-10-16(12-20(23)17-7-5-8-19(13-17)25(29)31-2)15-26-22-14-18-6-3-4-9-21(18)27-24(22)28/h3-14,26H,15H2,1-2H3,(H,27,28). The zero-order valence-electron chi connectivity index (χ0n) is 17.3. The van der Waals surface area contributed by atoms with Crippen molar-refractivity contribution in [3.8, 4) is 16.9 Å². The summed E-state index contributed by atoms with van der Waals surface area (Å²) in [6.07, 6.45) is 0. The molecule has 0 aliphatic carbocycles. The smallest absolute Gasteiger partial charge is 0.337 e. The molecule has 3 aromatic carbocycles. The lowest BCUT2D eigenvalue weighted by atomic mass is 10.00. The number of hydrogen-bond donors (Lipinski definition) is 2. The Kier molecular flexibility index (Phi) is 5.71. The number of hydrogen-bond acceptors (Lipinski definition) is 5. The van der Waals surface area contributed by atoms with Crippen LogP contribution in [0.2, 0.25) is 0 Å². The van der Waals surface area contributed by atoms with Gasteiger partial charge in [-0.3, -0.25) is 4.79 Å². The fourth-order valence-corrected chi connectivity index (χ4v) is 3.50. The molecule has 6 nitrogen and oxygen atoms in total. The van der Waals surface area contributed by atoms with E-state index in [0.29, 0.717) is 23.5 Å².